The number of nitrogens with two attached hydrogens (primary N) is 1. The highest BCUT2D eigenvalue weighted by molar-refractivity contribution is 4.80. The number of likely N-dealkylation sites (N-methyl/N-ethyl adjacent to an activating group) is 1. The molecule has 0 aromatic carbocycles. The minimum Gasteiger partial charge on any atom is -0.377 e. The molecule has 3 nitrogen and oxygen atoms in total. The van der Waals surface area contributed by atoms with E-state index in [1.165, 1.54) is 38.5 Å². The molecule has 108 valence electrons. The lowest BCUT2D eigenvalue weighted by molar-refractivity contribution is 0.0483. The van der Waals surface area contributed by atoms with E-state index in [4.69, 9.17) is 10.5 Å². The predicted octanol–water partition coefficient (Wildman–Crippen LogP) is 2.64. The third kappa shape index (κ3) is 5.68. The lowest BCUT2D eigenvalue weighted by Crippen LogP contribution is -2.44. The molecule has 0 heterocycles. The van der Waals surface area contributed by atoms with Gasteiger partial charge in [0.05, 0.1) is 12.7 Å². The van der Waals surface area contributed by atoms with Crippen molar-refractivity contribution in [3.63, 3.8) is 0 Å². The molecule has 0 bridgehead atoms. The second-order valence-corrected chi connectivity index (χ2v) is 5.95. The topological polar surface area (TPSA) is 38.5 Å². The molecule has 0 amide bonds. The summed E-state index contributed by atoms with van der Waals surface area (Å²) in [6.45, 7) is 6.77. The minimum absolute atomic E-state index is 0.326. The van der Waals surface area contributed by atoms with Crippen molar-refractivity contribution in [3.8, 4) is 0 Å². The van der Waals surface area contributed by atoms with E-state index in [2.05, 4.69) is 25.8 Å². The highest BCUT2D eigenvalue weighted by atomic mass is 16.5. The normalized spacial score (nSPS) is 20.3. The molecule has 0 aliphatic heterocycles. The first kappa shape index (κ1) is 15.9. The van der Waals surface area contributed by atoms with E-state index in [0.29, 0.717) is 12.1 Å². The van der Waals surface area contributed by atoms with Gasteiger partial charge < -0.3 is 10.5 Å². The number of rotatable bonds is 7. The summed E-state index contributed by atoms with van der Waals surface area (Å²) in [4.78, 5) is 2.42. The van der Waals surface area contributed by atoms with Gasteiger partial charge in [-0.05, 0) is 39.7 Å². The molecule has 0 radical (unpaired) electrons. The molecule has 1 saturated carbocycles. The van der Waals surface area contributed by atoms with Gasteiger partial charge in [-0.1, -0.05) is 25.7 Å². The molecule has 0 aromatic rings. The first-order valence-corrected chi connectivity index (χ1v) is 7.67. The van der Waals surface area contributed by atoms with E-state index in [0.717, 1.165) is 25.6 Å². The first-order chi connectivity index (χ1) is 8.65. The van der Waals surface area contributed by atoms with Crippen LogP contribution in [0.15, 0.2) is 0 Å². The van der Waals surface area contributed by atoms with Gasteiger partial charge in [-0.3, -0.25) is 4.90 Å². The van der Waals surface area contributed by atoms with Gasteiger partial charge in [0.2, 0.25) is 0 Å². The molecule has 1 fully saturated rings. The van der Waals surface area contributed by atoms with Gasteiger partial charge in [0.1, 0.15) is 0 Å². The van der Waals surface area contributed by atoms with E-state index in [9.17, 15) is 0 Å². The third-order valence-corrected chi connectivity index (χ3v) is 4.15. The first-order valence-electron chi connectivity index (χ1n) is 7.67. The van der Waals surface area contributed by atoms with Crippen LogP contribution in [-0.2, 0) is 4.74 Å². The fraction of sp³-hybridized carbons (Fsp3) is 1.00. The van der Waals surface area contributed by atoms with Crippen LogP contribution in [0.25, 0.3) is 0 Å². The highest BCUT2D eigenvalue weighted by Gasteiger charge is 2.24. The molecule has 1 unspecified atom stereocenters. The van der Waals surface area contributed by atoms with Crippen LogP contribution in [0.3, 0.4) is 0 Å². The van der Waals surface area contributed by atoms with Gasteiger partial charge in [0.25, 0.3) is 0 Å². The van der Waals surface area contributed by atoms with Gasteiger partial charge in [-0.25, -0.2) is 0 Å². The Labute approximate surface area is 113 Å². The molecular formula is C15H32N2O. The van der Waals surface area contributed by atoms with Crippen LogP contribution in [0, 0.1) is 5.92 Å². The van der Waals surface area contributed by atoms with Crippen LogP contribution in [0.4, 0.5) is 0 Å². The summed E-state index contributed by atoms with van der Waals surface area (Å²) >= 11 is 0. The minimum atomic E-state index is 0.326. The monoisotopic (exact) mass is 256 g/mol. The second kappa shape index (κ2) is 8.89. The number of ether oxygens (including phenoxy) is 1. The number of hydrogen-bond acceptors (Lipinski definition) is 3. The lowest BCUT2D eigenvalue weighted by atomic mass is 9.91. The van der Waals surface area contributed by atoms with E-state index in [1.807, 2.05) is 0 Å². The molecule has 0 aromatic heterocycles. The summed E-state index contributed by atoms with van der Waals surface area (Å²) in [6, 6.07) is 0.541. The van der Waals surface area contributed by atoms with Crippen LogP contribution in [0.1, 0.15) is 52.4 Å². The van der Waals surface area contributed by atoms with Gasteiger partial charge >= 0.3 is 0 Å². The molecule has 18 heavy (non-hydrogen) atoms. The average molecular weight is 256 g/mol. The summed E-state index contributed by atoms with van der Waals surface area (Å²) in [7, 11) is 2.20. The molecule has 2 N–H and O–H groups in total. The Morgan fingerprint density at radius 1 is 1.17 bits per heavy atom. The Bertz CT molecular complexity index is 201. The summed E-state index contributed by atoms with van der Waals surface area (Å²) in [5, 5.41) is 0. The molecule has 1 aliphatic carbocycles. The third-order valence-electron chi connectivity index (χ3n) is 4.15. The number of hydrogen-bond donors (Lipinski definition) is 1. The van der Waals surface area contributed by atoms with E-state index >= 15 is 0 Å². The Kier molecular flexibility index (Phi) is 7.87. The zero-order chi connectivity index (χ0) is 13.4. The van der Waals surface area contributed by atoms with Crippen LogP contribution in [0.5, 0.6) is 0 Å². The summed E-state index contributed by atoms with van der Waals surface area (Å²) in [5.74, 6) is 0.793. The summed E-state index contributed by atoms with van der Waals surface area (Å²) in [6.07, 6.45) is 8.64. The van der Waals surface area contributed by atoms with E-state index < -0.39 is 0 Å². The zero-order valence-corrected chi connectivity index (χ0v) is 12.5. The highest BCUT2D eigenvalue weighted by Crippen LogP contribution is 2.27. The molecule has 1 aliphatic rings. The fourth-order valence-electron chi connectivity index (χ4n) is 3.03. The quantitative estimate of drug-likeness (QED) is 0.712. The second-order valence-electron chi connectivity index (χ2n) is 5.95. The van der Waals surface area contributed by atoms with Gasteiger partial charge in [0, 0.05) is 19.1 Å². The fourth-order valence-corrected chi connectivity index (χ4v) is 3.03. The van der Waals surface area contributed by atoms with E-state index in [1.54, 1.807) is 0 Å². The van der Waals surface area contributed by atoms with Crippen molar-refractivity contribution in [1.82, 2.24) is 4.90 Å². The summed E-state index contributed by atoms with van der Waals surface area (Å²) in [5.41, 5.74) is 6.00. The van der Waals surface area contributed by atoms with Crippen LogP contribution >= 0.6 is 0 Å². The molecular weight excluding hydrogens is 224 g/mol. The maximum Gasteiger partial charge on any atom is 0.0596 e. The van der Waals surface area contributed by atoms with Gasteiger partial charge in [-0.2, -0.15) is 0 Å². The largest absolute Gasteiger partial charge is 0.377 e. The molecule has 3 heteroatoms. The Morgan fingerprint density at radius 3 is 2.28 bits per heavy atom. The van der Waals surface area contributed by atoms with Gasteiger partial charge in [0.15, 0.2) is 0 Å². The maximum absolute atomic E-state index is 6.00. The van der Waals surface area contributed by atoms with Crippen molar-refractivity contribution in [2.75, 3.05) is 26.7 Å². The molecule has 0 saturated heterocycles. The van der Waals surface area contributed by atoms with Crippen molar-refractivity contribution >= 4 is 0 Å². The average Bonchev–Trinajstić information content (AvgIpc) is 2.58. The van der Waals surface area contributed by atoms with E-state index in [-0.39, 0.29) is 0 Å². The van der Waals surface area contributed by atoms with Crippen molar-refractivity contribution in [3.05, 3.63) is 0 Å². The molecule has 0 spiro atoms. The van der Waals surface area contributed by atoms with Crippen LogP contribution in [-0.4, -0.2) is 43.8 Å². The SMILES string of the molecule is CC(C)OCCN(C)C(CN)C1CCCCCC1. The molecule has 1 rings (SSSR count). The lowest BCUT2D eigenvalue weighted by Gasteiger charge is -2.33. The summed E-state index contributed by atoms with van der Waals surface area (Å²) < 4.78 is 5.64. The van der Waals surface area contributed by atoms with Crippen LogP contribution < -0.4 is 5.73 Å². The zero-order valence-electron chi connectivity index (χ0n) is 12.5. The molecule has 1 atom stereocenters. The Hall–Kier alpha value is -0.120. The predicted molar refractivity (Wildman–Crippen MR) is 77.8 cm³/mol. The maximum atomic E-state index is 6.00. The van der Waals surface area contributed by atoms with Crippen LogP contribution in [0.2, 0.25) is 0 Å². The number of nitrogens with zero attached hydrogens (tertiary/aromatic N) is 1. The van der Waals surface area contributed by atoms with Crippen molar-refractivity contribution in [1.29, 1.82) is 0 Å². The standard InChI is InChI=1S/C15H32N2O/c1-13(2)18-11-10-17(3)15(12-16)14-8-6-4-5-7-9-14/h13-15H,4-12,16H2,1-3H3. The van der Waals surface area contributed by atoms with Crippen molar-refractivity contribution in [2.45, 2.75) is 64.5 Å². The van der Waals surface area contributed by atoms with Crippen molar-refractivity contribution < 1.29 is 4.74 Å². The Morgan fingerprint density at radius 2 is 1.78 bits per heavy atom. The van der Waals surface area contributed by atoms with Gasteiger partial charge in [-0.15, -0.1) is 0 Å². The smallest absolute Gasteiger partial charge is 0.0596 e. The Balaban J connectivity index is 2.37. The van der Waals surface area contributed by atoms with Crippen molar-refractivity contribution in [2.24, 2.45) is 11.7 Å².